The first-order chi connectivity index (χ1) is 8.03. The van der Waals surface area contributed by atoms with E-state index in [0.717, 1.165) is 17.4 Å². The summed E-state index contributed by atoms with van der Waals surface area (Å²) in [7, 11) is -3.20. The number of rotatable bonds is 4. The molecule has 0 aliphatic carbocycles. The maximum absolute atomic E-state index is 11.0. The molecule has 5 heteroatoms. The van der Waals surface area contributed by atoms with E-state index >= 15 is 0 Å². The molecule has 4 nitrogen and oxygen atoms in total. The molecule has 0 amide bonds. The Hall–Kier alpha value is -1.35. The fourth-order valence-electron chi connectivity index (χ4n) is 1.22. The van der Waals surface area contributed by atoms with Gasteiger partial charge >= 0.3 is 0 Å². The van der Waals surface area contributed by atoms with Gasteiger partial charge in [-0.3, -0.25) is 0 Å². The first kappa shape index (κ1) is 13.7. The third kappa shape index (κ3) is 5.50. The average molecular weight is 253 g/mol. The normalized spacial score (nSPS) is 10.7. The van der Waals surface area contributed by atoms with Gasteiger partial charge in [0.25, 0.3) is 0 Å². The minimum atomic E-state index is -3.20. The summed E-state index contributed by atoms with van der Waals surface area (Å²) in [4.78, 5) is 0. The Morgan fingerprint density at radius 1 is 1.35 bits per heavy atom. The van der Waals surface area contributed by atoms with Gasteiger partial charge in [-0.25, -0.2) is 13.1 Å². The van der Waals surface area contributed by atoms with Gasteiger partial charge in [0.2, 0.25) is 10.0 Å². The van der Waals surface area contributed by atoms with Crippen molar-refractivity contribution in [2.75, 3.05) is 12.9 Å². The molecular formula is C12H15NO3S. The molecular weight excluding hydrogens is 238 g/mol. The van der Waals surface area contributed by atoms with E-state index in [2.05, 4.69) is 16.6 Å². The van der Waals surface area contributed by atoms with Gasteiger partial charge in [0.1, 0.15) is 0 Å². The maximum atomic E-state index is 11.0. The summed E-state index contributed by atoms with van der Waals surface area (Å²) in [5.41, 5.74) is 1.60. The van der Waals surface area contributed by atoms with E-state index in [-0.39, 0.29) is 13.2 Å². The predicted octanol–water partition coefficient (Wildman–Crippen LogP) is 0.470. The lowest BCUT2D eigenvalue weighted by Gasteiger charge is -2.04. The molecule has 0 unspecified atom stereocenters. The molecule has 0 saturated heterocycles. The molecule has 0 aliphatic rings. The van der Waals surface area contributed by atoms with Crippen molar-refractivity contribution in [1.29, 1.82) is 0 Å². The highest BCUT2D eigenvalue weighted by Gasteiger charge is 2.03. The lowest BCUT2D eigenvalue weighted by Crippen LogP contribution is -2.21. The minimum absolute atomic E-state index is 0.0246. The van der Waals surface area contributed by atoms with Gasteiger partial charge in [-0.05, 0) is 11.6 Å². The fourth-order valence-corrected chi connectivity index (χ4v) is 1.64. The lowest BCUT2D eigenvalue weighted by atomic mass is 10.1. The van der Waals surface area contributed by atoms with Crippen LogP contribution in [0.1, 0.15) is 17.5 Å². The van der Waals surface area contributed by atoms with Crippen LogP contribution >= 0.6 is 0 Å². The summed E-state index contributed by atoms with van der Waals surface area (Å²) >= 11 is 0. The zero-order chi connectivity index (χ0) is 12.7. The quantitative estimate of drug-likeness (QED) is 0.767. The van der Waals surface area contributed by atoms with Crippen molar-refractivity contribution in [2.45, 2.75) is 13.0 Å². The van der Waals surface area contributed by atoms with Crippen molar-refractivity contribution in [3.63, 3.8) is 0 Å². The molecule has 0 heterocycles. The van der Waals surface area contributed by atoms with E-state index in [4.69, 9.17) is 5.11 Å². The summed E-state index contributed by atoms with van der Waals surface area (Å²) in [5, 5.41) is 8.63. The number of benzene rings is 1. The molecule has 0 saturated carbocycles. The van der Waals surface area contributed by atoms with Crippen LogP contribution in [0.2, 0.25) is 0 Å². The van der Waals surface area contributed by atoms with Crippen molar-refractivity contribution in [3.8, 4) is 11.8 Å². The van der Waals surface area contributed by atoms with E-state index in [1.807, 2.05) is 24.3 Å². The van der Waals surface area contributed by atoms with Crippen LogP contribution in [0.25, 0.3) is 0 Å². The Morgan fingerprint density at radius 3 is 2.71 bits per heavy atom. The summed E-state index contributed by atoms with van der Waals surface area (Å²) in [5.74, 6) is 5.72. The number of nitrogens with one attached hydrogen (secondary N) is 1. The van der Waals surface area contributed by atoms with Gasteiger partial charge < -0.3 is 5.11 Å². The van der Waals surface area contributed by atoms with Crippen LogP contribution < -0.4 is 4.72 Å². The van der Waals surface area contributed by atoms with E-state index < -0.39 is 10.0 Å². The predicted molar refractivity (Wildman–Crippen MR) is 66.7 cm³/mol. The second-order valence-corrected chi connectivity index (χ2v) is 5.36. The molecule has 1 rings (SSSR count). The van der Waals surface area contributed by atoms with Gasteiger partial charge in [0, 0.05) is 18.5 Å². The lowest BCUT2D eigenvalue weighted by molar-refractivity contribution is 0.305. The van der Waals surface area contributed by atoms with Crippen LogP contribution in [0.3, 0.4) is 0 Å². The minimum Gasteiger partial charge on any atom is -0.395 e. The second-order valence-electron chi connectivity index (χ2n) is 3.53. The Labute approximate surface area is 102 Å². The number of aliphatic hydroxyl groups is 1. The van der Waals surface area contributed by atoms with Crippen molar-refractivity contribution in [2.24, 2.45) is 0 Å². The van der Waals surface area contributed by atoms with E-state index in [1.54, 1.807) is 0 Å². The number of sulfonamides is 1. The molecule has 0 atom stereocenters. The van der Waals surface area contributed by atoms with Crippen molar-refractivity contribution < 1.29 is 13.5 Å². The molecule has 0 radical (unpaired) electrons. The first-order valence-corrected chi connectivity index (χ1v) is 7.04. The molecule has 0 bridgehead atoms. The molecule has 1 aromatic carbocycles. The smallest absolute Gasteiger partial charge is 0.209 e. The zero-order valence-electron chi connectivity index (χ0n) is 9.60. The fraction of sp³-hybridized carbons (Fsp3) is 0.333. The summed E-state index contributed by atoms with van der Waals surface area (Å²) in [6.45, 7) is 0.250. The van der Waals surface area contributed by atoms with E-state index in [1.165, 1.54) is 0 Å². The molecule has 0 fully saturated rings. The summed E-state index contributed by atoms with van der Waals surface area (Å²) < 4.78 is 24.4. The monoisotopic (exact) mass is 253 g/mol. The molecule has 2 N–H and O–H groups in total. The third-order valence-corrected chi connectivity index (χ3v) is 2.67. The zero-order valence-corrected chi connectivity index (χ0v) is 10.4. The Kier molecular flexibility index (Phi) is 5.16. The highest BCUT2D eigenvalue weighted by atomic mass is 32.2. The highest BCUT2D eigenvalue weighted by Crippen LogP contribution is 2.07. The Morgan fingerprint density at radius 2 is 2.06 bits per heavy atom. The standard InChI is InChI=1S/C12H15NO3S/c1-17(15,16)13-10-12-8-3-2-6-11(12)7-4-5-9-14/h2-3,6,8,13-14H,5,9-10H2,1H3. The average Bonchev–Trinajstić information content (AvgIpc) is 2.27. The van der Waals surface area contributed by atoms with Crippen molar-refractivity contribution in [1.82, 2.24) is 4.72 Å². The van der Waals surface area contributed by atoms with Crippen LogP contribution in [0, 0.1) is 11.8 Å². The van der Waals surface area contributed by atoms with Crippen molar-refractivity contribution in [3.05, 3.63) is 35.4 Å². The molecule has 17 heavy (non-hydrogen) atoms. The Bertz CT molecular complexity index is 526. The maximum Gasteiger partial charge on any atom is 0.209 e. The van der Waals surface area contributed by atoms with Crippen LogP contribution in [0.4, 0.5) is 0 Å². The molecule has 92 valence electrons. The first-order valence-electron chi connectivity index (χ1n) is 5.15. The molecule has 0 spiro atoms. The number of hydrogen-bond donors (Lipinski definition) is 2. The number of aliphatic hydroxyl groups excluding tert-OH is 1. The summed E-state index contributed by atoms with van der Waals surface area (Å²) in [6, 6.07) is 7.31. The van der Waals surface area contributed by atoms with Crippen LogP contribution in [0.5, 0.6) is 0 Å². The number of hydrogen-bond acceptors (Lipinski definition) is 3. The van der Waals surface area contributed by atoms with Gasteiger partial charge in [-0.2, -0.15) is 0 Å². The van der Waals surface area contributed by atoms with Crippen LogP contribution in [0.15, 0.2) is 24.3 Å². The topological polar surface area (TPSA) is 66.4 Å². The highest BCUT2D eigenvalue weighted by molar-refractivity contribution is 7.88. The van der Waals surface area contributed by atoms with Gasteiger partial charge in [-0.15, -0.1) is 0 Å². The molecule has 0 aliphatic heterocycles. The summed E-state index contributed by atoms with van der Waals surface area (Å²) in [6.07, 6.45) is 1.53. The van der Waals surface area contributed by atoms with E-state index in [9.17, 15) is 8.42 Å². The van der Waals surface area contributed by atoms with Crippen LogP contribution in [-0.2, 0) is 16.6 Å². The van der Waals surface area contributed by atoms with Crippen molar-refractivity contribution >= 4 is 10.0 Å². The second kappa shape index (κ2) is 6.40. The molecule has 1 aromatic rings. The SMILES string of the molecule is CS(=O)(=O)NCc1ccccc1C#CCCO. The Balaban J connectivity index is 2.82. The van der Waals surface area contributed by atoms with E-state index in [0.29, 0.717) is 6.42 Å². The van der Waals surface area contributed by atoms with Gasteiger partial charge in [0.15, 0.2) is 0 Å². The van der Waals surface area contributed by atoms with Gasteiger partial charge in [0.05, 0.1) is 12.9 Å². The van der Waals surface area contributed by atoms with Gasteiger partial charge in [-0.1, -0.05) is 30.0 Å². The largest absolute Gasteiger partial charge is 0.395 e. The molecule has 0 aromatic heterocycles. The third-order valence-electron chi connectivity index (χ3n) is 2.00. The van der Waals surface area contributed by atoms with Crippen LogP contribution in [-0.4, -0.2) is 26.4 Å².